The molecule has 1 unspecified atom stereocenters. The molecular formula is C16H27N3O2. The van der Waals surface area contributed by atoms with Gasteiger partial charge in [0.25, 0.3) is 0 Å². The van der Waals surface area contributed by atoms with Crippen molar-refractivity contribution in [2.24, 2.45) is 10.9 Å². The Labute approximate surface area is 127 Å². The van der Waals surface area contributed by atoms with Crippen LogP contribution in [0.25, 0.3) is 0 Å². The van der Waals surface area contributed by atoms with E-state index >= 15 is 0 Å². The summed E-state index contributed by atoms with van der Waals surface area (Å²) in [6.45, 7) is 6.60. The molecule has 0 aromatic carbocycles. The number of nitrogens with zero attached hydrogens (tertiary/aromatic N) is 2. The second kappa shape index (κ2) is 8.72. The fourth-order valence-electron chi connectivity index (χ4n) is 2.48. The molecule has 0 radical (unpaired) electrons. The van der Waals surface area contributed by atoms with Gasteiger partial charge in [-0.05, 0) is 25.0 Å². The maximum atomic E-state index is 5.45. The highest BCUT2D eigenvalue weighted by atomic mass is 16.5. The number of furan rings is 1. The quantitative estimate of drug-likeness (QED) is 0.618. The highest BCUT2D eigenvalue weighted by Crippen LogP contribution is 2.13. The molecule has 0 spiro atoms. The van der Waals surface area contributed by atoms with Gasteiger partial charge in [0.1, 0.15) is 5.76 Å². The molecule has 0 saturated carbocycles. The standard InChI is InChI=1S/C16H27N3O2/c1-3-8-17-16(18-9-6-15-5-4-10-21-15)19(2)12-14-7-11-20-13-14/h4-5,10,14H,3,6-9,11-13H2,1-2H3,(H,17,18). The van der Waals surface area contributed by atoms with Crippen LogP contribution in [-0.4, -0.2) is 50.8 Å². The average molecular weight is 293 g/mol. The third-order valence-electron chi connectivity index (χ3n) is 3.64. The van der Waals surface area contributed by atoms with E-state index < -0.39 is 0 Å². The molecule has 1 aliphatic heterocycles. The van der Waals surface area contributed by atoms with Crippen LogP contribution in [0.2, 0.25) is 0 Å². The second-order valence-corrected chi connectivity index (χ2v) is 5.57. The summed E-state index contributed by atoms with van der Waals surface area (Å²) in [5, 5.41) is 3.44. The molecule has 1 saturated heterocycles. The highest BCUT2D eigenvalue weighted by Gasteiger charge is 2.19. The number of rotatable bonds is 7. The third kappa shape index (κ3) is 5.42. The molecule has 1 fully saturated rings. The molecule has 5 heteroatoms. The Bertz CT molecular complexity index is 411. The van der Waals surface area contributed by atoms with Gasteiger partial charge in [-0.25, -0.2) is 0 Å². The van der Waals surface area contributed by atoms with Crippen molar-refractivity contribution in [1.82, 2.24) is 10.2 Å². The van der Waals surface area contributed by atoms with Gasteiger partial charge in [-0.1, -0.05) is 6.92 Å². The van der Waals surface area contributed by atoms with Gasteiger partial charge in [0.2, 0.25) is 0 Å². The van der Waals surface area contributed by atoms with Crippen LogP contribution in [0.4, 0.5) is 0 Å². The number of nitrogens with one attached hydrogen (secondary N) is 1. The lowest BCUT2D eigenvalue weighted by atomic mass is 10.1. The normalized spacial score (nSPS) is 19.0. The lowest BCUT2D eigenvalue weighted by molar-refractivity contribution is 0.181. The fraction of sp³-hybridized carbons (Fsp3) is 0.688. The topological polar surface area (TPSA) is 50.0 Å². The zero-order chi connectivity index (χ0) is 14.9. The second-order valence-electron chi connectivity index (χ2n) is 5.57. The Kier molecular flexibility index (Phi) is 6.60. The Morgan fingerprint density at radius 1 is 1.52 bits per heavy atom. The monoisotopic (exact) mass is 293 g/mol. The molecular weight excluding hydrogens is 266 g/mol. The van der Waals surface area contributed by atoms with Crippen molar-refractivity contribution in [3.05, 3.63) is 24.2 Å². The largest absolute Gasteiger partial charge is 0.469 e. The minimum absolute atomic E-state index is 0.619. The van der Waals surface area contributed by atoms with Crippen LogP contribution in [0.1, 0.15) is 25.5 Å². The number of guanidine groups is 1. The molecule has 1 N–H and O–H groups in total. The van der Waals surface area contributed by atoms with Gasteiger partial charge in [-0.3, -0.25) is 4.99 Å². The first-order valence-corrected chi connectivity index (χ1v) is 7.89. The van der Waals surface area contributed by atoms with Crippen LogP contribution in [0, 0.1) is 5.92 Å². The predicted molar refractivity (Wildman–Crippen MR) is 84.6 cm³/mol. The van der Waals surface area contributed by atoms with Gasteiger partial charge >= 0.3 is 0 Å². The first-order valence-electron chi connectivity index (χ1n) is 7.89. The molecule has 0 amide bonds. The summed E-state index contributed by atoms with van der Waals surface area (Å²) in [5.74, 6) is 2.60. The van der Waals surface area contributed by atoms with Crippen LogP contribution in [0.5, 0.6) is 0 Å². The summed E-state index contributed by atoms with van der Waals surface area (Å²) in [4.78, 5) is 6.88. The van der Waals surface area contributed by atoms with E-state index in [2.05, 4.69) is 29.2 Å². The summed E-state index contributed by atoms with van der Waals surface area (Å²) < 4.78 is 10.8. The maximum absolute atomic E-state index is 5.45. The van der Waals surface area contributed by atoms with Crippen molar-refractivity contribution in [3.8, 4) is 0 Å². The number of ether oxygens (including phenoxy) is 1. The van der Waals surface area contributed by atoms with E-state index in [4.69, 9.17) is 9.15 Å². The van der Waals surface area contributed by atoms with Crippen molar-refractivity contribution >= 4 is 5.96 Å². The van der Waals surface area contributed by atoms with Crippen molar-refractivity contribution in [2.45, 2.75) is 26.2 Å². The Balaban J connectivity index is 1.81. The van der Waals surface area contributed by atoms with Crippen LogP contribution in [0.15, 0.2) is 27.8 Å². The van der Waals surface area contributed by atoms with E-state index in [1.807, 2.05) is 12.1 Å². The summed E-state index contributed by atoms with van der Waals surface area (Å²) in [7, 11) is 2.10. The van der Waals surface area contributed by atoms with E-state index in [-0.39, 0.29) is 0 Å². The van der Waals surface area contributed by atoms with E-state index in [1.54, 1.807) is 6.26 Å². The van der Waals surface area contributed by atoms with Gasteiger partial charge in [0, 0.05) is 45.6 Å². The molecule has 1 aliphatic rings. The zero-order valence-corrected chi connectivity index (χ0v) is 13.2. The first-order chi connectivity index (χ1) is 10.3. The summed E-state index contributed by atoms with van der Waals surface area (Å²) in [5.41, 5.74) is 0. The Morgan fingerprint density at radius 3 is 3.10 bits per heavy atom. The molecule has 2 heterocycles. The fourth-order valence-corrected chi connectivity index (χ4v) is 2.48. The number of hydrogen-bond donors (Lipinski definition) is 1. The molecule has 1 aromatic rings. The molecule has 118 valence electrons. The first kappa shape index (κ1) is 15.9. The minimum Gasteiger partial charge on any atom is -0.469 e. The third-order valence-corrected chi connectivity index (χ3v) is 3.64. The number of aliphatic imine (C=N–C) groups is 1. The molecule has 0 bridgehead atoms. The predicted octanol–water partition coefficient (Wildman–Crippen LogP) is 2.15. The average Bonchev–Trinajstić information content (AvgIpc) is 3.15. The van der Waals surface area contributed by atoms with E-state index in [0.29, 0.717) is 5.92 Å². The Morgan fingerprint density at radius 2 is 2.43 bits per heavy atom. The van der Waals surface area contributed by atoms with Gasteiger partial charge in [0.05, 0.1) is 12.9 Å². The molecule has 2 rings (SSSR count). The van der Waals surface area contributed by atoms with E-state index in [0.717, 1.165) is 63.8 Å². The van der Waals surface area contributed by atoms with Gasteiger partial charge in [-0.15, -0.1) is 0 Å². The van der Waals surface area contributed by atoms with Crippen LogP contribution < -0.4 is 5.32 Å². The summed E-state index contributed by atoms with van der Waals surface area (Å²) in [6, 6.07) is 3.93. The lowest BCUT2D eigenvalue weighted by Crippen LogP contribution is -2.42. The van der Waals surface area contributed by atoms with Crippen LogP contribution >= 0.6 is 0 Å². The summed E-state index contributed by atoms with van der Waals surface area (Å²) in [6.07, 6.45) is 4.80. The lowest BCUT2D eigenvalue weighted by Gasteiger charge is -2.24. The maximum Gasteiger partial charge on any atom is 0.193 e. The van der Waals surface area contributed by atoms with Crippen molar-refractivity contribution in [2.75, 3.05) is 39.9 Å². The Hall–Kier alpha value is -1.49. The van der Waals surface area contributed by atoms with E-state index in [1.165, 1.54) is 0 Å². The number of hydrogen-bond acceptors (Lipinski definition) is 3. The summed E-state index contributed by atoms with van der Waals surface area (Å²) >= 11 is 0. The van der Waals surface area contributed by atoms with Gasteiger partial charge in [-0.2, -0.15) is 0 Å². The van der Waals surface area contributed by atoms with Gasteiger partial charge in [0.15, 0.2) is 5.96 Å². The molecule has 1 atom stereocenters. The molecule has 1 aromatic heterocycles. The molecule has 0 aliphatic carbocycles. The molecule has 21 heavy (non-hydrogen) atoms. The van der Waals surface area contributed by atoms with E-state index in [9.17, 15) is 0 Å². The minimum atomic E-state index is 0.619. The van der Waals surface area contributed by atoms with Gasteiger partial charge < -0.3 is 19.4 Å². The van der Waals surface area contributed by atoms with Crippen LogP contribution in [-0.2, 0) is 11.2 Å². The van der Waals surface area contributed by atoms with Crippen LogP contribution in [0.3, 0.4) is 0 Å². The smallest absolute Gasteiger partial charge is 0.193 e. The molecule has 5 nitrogen and oxygen atoms in total. The van der Waals surface area contributed by atoms with Crippen molar-refractivity contribution in [1.29, 1.82) is 0 Å². The zero-order valence-electron chi connectivity index (χ0n) is 13.2. The van der Waals surface area contributed by atoms with Crippen molar-refractivity contribution < 1.29 is 9.15 Å². The SMILES string of the molecule is CCCN=C(NCCc1ccco1)N(C)CC1CCOC1. The highest BCUT2D eigenvalue weighted by molar-refractivity contribution is 5.79. The van der Waals surface area contributed by atoms with Crippen molar-refractivity contribution in [3.63, 3.8) is 0 Å².